The fraction of sp³-hybridized carbons (Fsp3) is 0.435. The molecule has 0 radical (unpaired) electrons. The first kappa shape index (κ1) is 20.4. The first-order chi connectivity index (χ1) is 13.6. The van der Waals surface area contributed by atoms with Crippen molar-refractivity contribution >= 4 is 12.0 Å². The van der Waals surface area contributed by atoms with Crippen LogP contribution in [0.25, 0.3) is 6.08 Å². The standard InChI is InChI=1S/C23H29NO4/c1-2-27-22(26)23(13-6-10-19-8-4-3-5-9-19)14-7-15-24(18-23)16-20-11-12-21(17-25)28-20/h3-6,8-12,25H,2,7,13-18H2,1H3/b10-6+/t23-/m0/s1. The molecule has 1 N–H and O–H groups in total. The lowest BCUT2D eigenvalue weighted by Crippen LogP contribution is -2.48. The molecule has 150 valence electrons. The van der Waals surface area contributed by atoms with Gasteiger partial charge in [-0.3, -0.25) is 9.69 Å². The molecular weight excluding hydrogens is 354 g/mol. The number of nitrogens with zero attached hydrogens (tertiary/aromatic N) is 1. The van der Waals surface area contributed by atoms with Gasteiger partial charge in [0.05, 0.1) is 18.6 Å². The molecule has 3 rings (SSSR count). The molecule has 0 unspecified atom stereocenters. The highest BCUT2D eigenvalue weighted by atomic mass is 16.5. The third-order valence-corrected chi connectivity index (χ3v) is 5.24. The number of carbonyl (C=O) groups excluding carboxylic acids is 1. The first-order valence-corrected chi connectivity index (χ1v) is 9.95. The van der Waals surface area contributed by atoms with E-state index in [0.717, 1.165) is 30.7 Å². The number of piperidine rings is 1. The predicted octanol–water partition coefficient (Wildman–Crippen LogP) is 4.02. The summed E-state index contributed by atoms with van der Waals surface area (Å²) in [7, 11) is 0. The maximum atomic E-state index is 12.9. The van der Waals surface area contributed by atoms with Crippen molar-refractivity contribution in [1.29, 1.82) is 0 Å². The molecule has 28 heavy (non-hydrogen) atoms. The van der Waals surface area contributed by atoms with E-state index in [2.05, 4.69) is 29.2 Å². The second-order valence-corrected chi connectivity index (χ2v) is 7.36. The second-order valence-electron chi connectivity index (χ2n) is 7.36. The Balaban J connectivity index is 1.72. The van der Waals surface area contributed by atoms with Crippen molar-refractivity contribution in [3.8, 4) is 0 Å². The molecule has 0 amide bonds. The molecule has 1 aliphatic heterocycles. The Bertz CT molecular complexity index is 783. The number of esters is 1. The summed E-state index contributed by atoms with van der Waals surface area (Å²) in [5.74, 6) is 1.26. The summed E-state index contributed by atoms with van der Waals surface area (Å²) < 4.78 is 11.1. The summed E-state index contributed by atoms with van der Waals surface area (Å²) in [4.78, 5) is 15.1. The van der Waals surface area contributed by atoms with Gasteiger partial charge in [-0.1, -0.05) is 42.5 Å². The zero-order valence-corrected chi connectivity index (χ0v) is 16.5. The Kier molecular flexibility index (Phi) is 7.06. The first-order valence-electron chi connectivity index (χ1n) is 9.95. The van der Waals surface area contributed by atoms with Crippen LogP contribution in [0.4, 0.5) is 0 Å². The Morgan fingerprint density at radius 1 is 1.25 bits per heavy atom. The van der Waals surface area contributed by atoms with Crippen LogP contribution >= 0.6 is 0 Å². The third-order valence-electron chi connectivity index (χ3n) is 5.24. The van der Waals surface area contributed by atoms with Crippen molar-refractivity contribution in [2.75, 3.05) is 19.7 Å². The largest absolute Gasteiger partial charge is 0.466 e. The van der Waals surface area contributed by atoms with Crippen molar-refractivity contribution in [2.24, 2.45) is 5.41 Å². The Hall–Kier alpha value is -2.37. The number of aliphatic hydroxyl groups excluding tert-OH is 1. The van der Waals surface area contributed by atoms with Crippen LogP contribution in [0.3, 0.4) is 0 Å². The van der Waals surface area contributed by atoms with Gasteiger partial charge in [-0.15, -0.1) is 0 Å². The molecule has 2 heterocycles. The van der Waals surface area contributed by atoms with Gasteiger partial charge in [0, 0.05) is 6.54 Å². The highest BCUT2D eigenvalue weighted by molar-refractivity contribution is 5.77. The number of hydrogen-bond acceptors (Lipinski definition) is 5. The quantitative estimate of drug-likeness (QED) is 0.698. The Labute approximate surface area is 166 Å². The van der Waals surface area contributed by atoms with E-state index >= 15 is 0 Å². The topological polar surface area (TPSA) is 62.9 Å². The van der Waals surface area contributed by atoms with Gasteiger partial charge in [-0.2, -0.15) is 0 Å². The maximum Gasteiger partial charge on any atom is 0.313 e. The molecule has 1 saturated heterocycles. The molecule has 1 aromatic carbocycles. The molecule has 1 fully saturated rings. The minimum Gasteiger partial charge on any atom is -0.466 e. The highest BCUT2D eigenvalue weighted by Crippen LogP contribution is 2.36. The van der Waals surface area contributed by atoms with Gasteiger partial charge in [0.25, 0.3) is 0 Å². The zero-order valence-electron chi connectivity index (χ0n) is 16.5. The van der Waals surface area contributed by atoms with Crippen LogP contribution in [-0.4, -0.2) is 35.7 Å². The van der Waals surface area contributed by atoms with Crippen LogP contribution in [0.2, 0.25) is 0 Å². The van der Waals surface area contributed by atoms with Crippen LogP contribution in [-0.2, 0) is 22.7 Å². The molecular formula is C23H29NO4. The van der Waals surface area contributed by atoms with Crippen LogP contribution in [0.1, 0.15) is 43.3 Å². The highest BCUT2D eigenvalue weighted by Gasteiger charge is 2.42. The van der Waals surface area contributed by atoms with Gasteiger partial charge < -0.3 is 14.3 Å². The summed E-state index contributed by atoms with van der Waals surface area (Å²) in [6.45, 7) is 4.33. The fourth-order valence-corrected chi connectivity index (χ4v) is 3.86. The number of ether oxygens (including phenoxy) is 1. The van der Waals surface area contributed by atoms with Crippen LogP contribution < -0.4 is 0 Å². The zero-order chi connectivity index (χ0) is 19.8. The average Bonchev–Trinajstić information content (AvgIpc) is 3.17. The predicted molar refractivity (Wildman–Crippen MR) is 108 cm³/mol. The number of furan rings is 1. The van der Waals surface area contributed by atoms with Crippen LogP contribution in [0.5, 0.6) is 0 Å². The lowest BCUT2D eigenvalue weighted by atomic mass is 9.76. The average molecular weight is 383 g/mol. The summed E-state index contributed by atoms with van der Waals surface area (Å²) in [5.41, 5.74) is 0.590. The van der Waals surface area contributed by atoms with E-state index in [9.17, 15) is 9.90 Å². The van der Waals surface area contributed by atoms with Gasteiger partial charge in [-0.05, 0) is 50.4 Å². The van der Waals surface area contributed by atoms with Gasteiger partial charge in [0.15, 0.2) is 0 Å². The number of aliphatic hydroxyl groups is 1. The normalized spacial score (nSPS) is 20.5. The molecule has 5 nitrogen and oxygen atoms in total. The molecule has 0 bridgehead atoms. The molecule has 0 saturated carbocycles. The van der Waals surface area contributed by atoms with Crippen molar-refractivity contribution < 1.29 is 19.1 Å². The number of rotatable bonds is 8. The van der Waals surface area contributed by atoms with E-state index in [1.54, 1.807) is 6.07 Å². The number of benzene rings is 1. The molecule has 1 aromatic heterocycles. The fourth-order valence-electron chi connectivity index (χ4n) is 3.86. The molecule has 5 heteroatoms. The van der Waals surface area contributed by atoms with Crippen molar-refractivity contribution in [2.45, 2.75) is 39.3 Å². The summed E-state index contributed by atoms with van der Waals surface area (Å²) in [5, 5.41) is 9.19. The van der Waals surface area contributed by atoms with Gasteiger partial charge in [0.2, 0.25) is 0 Å². The number of likely N-dealkylation sites (tertiary alicyclic amines) is 1. The van der Waals surface area contributed by atoms with E-state index < -0.39 is 5.41 Å². The van der Waals surface area contributed by atoms with E-state index in [-0.39, 0.29) is 12.6 Å². The second kappa shape index (κ2) is 9.71. The van der Waals surface area contributed by atoms with Crippen molar-refractivity contribution in [3.05, 3.63) is 65.6 Å². The number of carbonyl (C=O) groups is 1. The van der Waals surface area contributed by atoms with Crippen molar-refractivity contribution in [3.63, 3.8) is 0 Å². The third kappa shape index (κ3) is 5.12. The maximum absolute atomic E-state index is 12.9. The minimum atomic E-state index is -0.536. The molecule has 2 aromatic rings. The summed E-state index contributed by atoms with van der Waals surface area (Å²) in [6.07, 6.45) is 6.57. The molecule has 0 spiro atoms. The monoisotopic (exact) mass is 383 g/mol. The van der Waals surface area contributed by atoms with E-state index in [4.69, 9.17) is 9.15 Å². The van der Waals surface area contributed by atoms with Gasteiger partial charge >= 0.3 is 5.97 Å². The summed E-state index contributed by atoms with van der Waals surface area (Å²) in [6, 6.07) is 13.8. The van der Waals surface area contributed by atoms with E-state index in [1.165, 1.54) is 0 Å². The van der Waals surface area contributed by atoms with Crippen molar-refractivity contribution in [1.82, 2.24) is 4.90 Å². The Morgan fingerprint density at radius 2 is 2.04 bits per heavy atom. The van der Waals surface area contributed by atoms with Crippen LogP contribution in [0, 0.1) is 5.41 Å². The Morgan fingerprint density at radius 3 is 2.75 bits per heavy atom. The van der Waals surface area contributed by atoms with Gasteiger partial charge in [0.1, 0.15) is 18.1 Å². The van der Waals surface area contributed by atoms with E-state index in [0.29, 0.717) is 31.9 Å². The molecule has 0 aliphatic carbocycles. The number of allylic oxidation sites excluding steroid dienone is 1. The SMILES string of the molecule is CCOC(=O)[C@@]1(C/C=C/c2ccccc2)CCCN(Cc2ccc(CO)o2)C1. The summed E-state index contributed by atoms with van der Waals surface area (Å²) >= 11 is 0. The lowest BCUT2D eigenvalue weighted by Gasteiger charge is -2.40. The van der Waals surface area contributed by atoms with E-state index in [1.807, 2.05) is 31.2 Å². The molecule has 1 aliphatic rings. The number of hydrogen-bond donors (Lipinski definition) is 1. The lowest BCUT2D eigenvalue weighted by molar-refractivity contribution is -0.159. The molecule has 1 atom stereocenters. The smallest absolute Gasteiger partial charge is 0.313 e. The van der Waals surface area contributed by atoms with Crippen LogP contribution in [0.15, 0.2) is 53.0 Å². The van der Waals surface area contributed by atoms with Gasteiger partial charge in [-0.25, -0.2) is 0 Å². The minimum absolute atomic E-state index is 0.100.